The summed E-state index contributed by atoms with van der Waals surface area (Å²) in [6, 6.07) is -0.364. The van der Waals surface area contributed by atoms with Gasteiger partial charge >= 0.3 is 0 Å². The predicted molar refractivity (Wildman–Crippen MR) is 53.7 cm³/mol. The molecule has 0 N–H and O–H groups in total. The number of piperazine rings is 1. The van der Waals surface area contributed by atoms with Gasteiger partial charge in [0.25, 0.3) is 6.43 Å². The largest absolute Gasteiger partial charge is 0.301 e. The summed E-state index contributed by atoms with van der Waals surface area (Å²) in [5.41, 5.74) is 0. The van der Waals surface area contributed by atoms with Crippen molar-refractivity contribution in [3.63, 3.8) is 0 Å². The lowest BCUT2D eigenvalue weighted by Crippen LogP contribution is -2.57. The first-order valence-electron chi connectivity index (χ1n) is 5.32. The third-order valence-electron chi connectivity index (χ3n) is 2.95. The Morgan fingerprint density at radius 3 is 2.36 bits per heavy atom. The van der Waals surface area contributed by atoms with Gasteiger partial charge in [-0.15, -0.1) is 0 Å². The molecular formula is C10H20F2N2. The maximum atomic E-state index is 12.8. The average molecular weight is 206 g/mol. The highest BCUT2D eigenvalue weighted by atomic mass is 19.3. The highest BCUT2D eigenvalue weighted by molar-refractivity contribution is 4.85. The Hall–Kier alpha value is -0.220. The van der Waals surface area contributed by atoms with Crippen molar-refractivity contribution in [3.05, 3.63) is 0 Å². The van der Waals surface area contributed by atoms with Gasteiger partial charge in [0, 0.05) is 25.7 Å². The quantitative estimate of drug-likeness (QED) is 0.693. The summed E-state index contributed by atoms with van der Waals surface area (Å²) in [4.78, 5) is 4.01. The Bertz CT molecular complexity index is 174. The molecule has 2 nitrogen and oxygen atoms in total. The number of hydrogen-bond donors (Lipinski definition) is 0. The molecule has 0 radical (unpaired) electrons. The minimum Gasteiger partial charge on any atom is -0.301 e. The predicted octanol–water partition coefficient (Wildman–Crippen LogP) is 1.67. The summed E-state index contributed by atoms with van der Waals surface area (Å²) in [6.07, 6.45) is -2.23. The molecule has 0 saturated carbocycles. The van der Waals surface area contributed by atoms with Gasteiger partial charge in [0.2, 0.25) is 0 Å². The van der Waals surface area contributed by atoms with E-state index in [0.717, 1.165) is 19.6 Å². The van der Waals surface area contributed by atoms with Crippen LogP contribution in [0.1, 0.15) is 20.8 Å². The Labute approximate surface area is 84.9 Å². The number of hydrogen-bond acceptors (Lipinski definition) is 2. The van der Waals surface area contributed by atoms with E-state index in [1.165, 1.54) is 0 Å². The maximum absolute atomic E-state index is 12.8. The highest BCUT2D eigenvalue weighted by Crippen LogP contribution is 2.18. The van der Waals surface area contributed by atoms with Crippen LogP contribution in [0.15, 0.2) is 0 Å². The van der Waals surface area contributed by atoms with Crippen molar-refractivity contribution >= 4 is 0 Å². The molecule has 1 heterocycles. The molecule has 1 atom stereocenters. The number of rotatable bonds is 3. The molecule has 1 fully saturated rings. The molecule has 1 saturated heterocycles. The first-order valence-corrected chi connectivity index (χ1v) is 5.32. The Morgan fingerprint density at radius 1 is 1.29 bits per heavy atom. The monoisotopic (exact) mass is 206 g/mol. The van der Waals surface area contributed by atoms with Crippen LogP contribution in [0, 0.1) is 0 Å². The van der Waals surface area contributed by atoms with Crippen molar-refractivity contribution in [2.45, 2.75) is 39.3 Å². The molecule has 0 aliphatic carbocycles. The summed E-state index contributed by atoms with van der Waals surface area (Å²) in [5, 5.41) is 0. The minimum atomic E-state index is -2.23. The van der Waals surface area contributed by atoms with Crippen LogP contribution in [-0.4, -0.2) is 54.5 Å². The van der Waals surface area contributed by atoms with Crippen LogP contribution >= 0.6 is 0 Å². The van der Waals surface area contributed by atoms with Gasteiger partial charge in [-0.2, -0.15) is 0 Å². The fraction of sp³-hybridized carbons (Fsp3) is 1.00. The normalized spacial score (nSPS) is 26.4. The number of nitrogens with zero attached hydrogens (tertiary/aromatic N) is 2. The molecule has 0 aromatic heterocycles. The third kappa shape index (κ3) is 2.64. The molecule has 0 amide bonds. The van der Waals surface area contributed by atoms with E-state index in [0.29, 0.717) is 6.54 Å². The maximum Gasteiger partial charge on any atom is 0.255 e. The lowest BCUT2D eigenvalue weighted by molar-refractivity contribution is -0.0364. The highest BCUT2D eigenvalue weighted by Gasteiger charge is 2.33. The number of alkyl halides is 2. The fourth-order valence-corrected chi connectivity index (χ4v) is 2.04. The Morgan fingerprint density at radius 2 is 1.93 bits per heavy atom. The summed E-state index contributed by atoms with van der Waals surface area (Å²) in [6.45, 7) is 9.04. The first-order chi connectivity index (χ1) is 6.56. The van der Waals surface area contributed by atoms with E-state index in [2.05, 4.69) is 4.90 Å². The van der Waals surface area contributed by atoms with Crippen LogP contribution in [0.25, 0.3) is 0 Å². The van der Waals surface area contributed by atoms with Gasteiger partial charge in [0.15, 0.2) is 0 Å². The standard InChI is InChI=1S/C10H20F2N2/c1-4-13-5-6-14(8(2)3)9(7-13)10(11)12/h8-10H,4-7H2,1-3H3/t9-/m0/s1. The van der Waals surface area contributed by atoms with E-state index in [1.807, 2.05) is 25.7 Å². The number of likely N-dealkylation sites (N-methyl/N-ethyl adjacent to an activating group) is 1. The van der Waals surface area contributed by atoms with Gasteiger partial charge in [-0.3, -0.25) is 4.90 Å². The molecule has 0 bridgehead atoms. The van der Waals surface area contributed by atoms with Crippen molar-refractivity contribution in [1.29, 1.82) is 0 Å². The first kappa shape index (κ1) is 11.9. The Balaban J connectivity index is 2.60. The van der Waals surface area contributed by atoms with Crippen LogP contribution in [0.2, 0.25) is 0 Å². The zero-order valence-electron chi connectivity index (χ0n) is 9.21. The minimum absolute atomic E-state index is 0.216. The van der Waals surface area contributed by atoms with Crippen molar-refractivity contribution < 1.29 is 8.78 Å². The second kappa shape index (κ2) is 5.03. The average Bonchev–Trinajstić information content (AvgIpc) is 2.16. The lowest BCUT2D eigenvalue weighted by Gasteiger charge is -2.42. The molecular weight excluding hydrogens is 186 g/mol. The molecule has 0 aromatic rings. The molecule has 0 unspecified atom stereocenters. The van der Waals surface area contributed by atoms with Gasteiger partial charge < -0.3 is 4.90 Å². The van der Waals surface area contributed by atoms with Crippen LogP contribution in [-0.2, 0) is 0 Å². The van der Waals surface area contributed by atoms with E-state index < -0.39 is 12.5 Å². The van der Waals surface area contributed by atoms with Crippen LogP contribution < -0.4 is 0 Å². The third-order valence-corrected chi connectivity index (χ3v) is 2.95. The molecule has 1 rings (SSSR count). The topological polar surface area (TPSA) is 6.48 Å². The van der Waals surface area contributed by atoms with Crippen LogP contribution in [0.5, 0.6) is 0 Å². The second-order valence-electron chi connectivity index (χ2n) is 4.13. The smallest absolute Gasteiger partial charge is 0.255 e. The van der Waals surface area contributed by atoms with Gasteiger partial charge in [-0.05, 0) is 20.4 Å². The van der Waals surface area contributed by atoms with Crippen molar-refractivity contribution in [2.24, 2.45) is 0 Å². The van der Waals surface area contributed by atoms with Crippen molar-refractivity contribution in [3.8, 4) is 0 Å². The lowest BCUT2D eigenvalue weighted by atomic mass is 10.1. The van der Waals surface area contributed by atoms with E-state index in [9.17, 15) is 8.78 Å². The summed E-state index contributed by atoms with van der Waals surface area (Å²) in [5.74, 6) is 0. The summed E-state index contributed by atoms with van der Waals surface area (Å²) < 4.78 is 25.5. The van der Waals surface area contributed by atoms with Gasteiger partial charge in [0.1, 0.15) is 0 Å². The Kier molecular flexibility index (Phi) is 4.26. The zero-order chi connectivity index (χ0) is 10.7. The van der Waals surface area contributed by atoms with Crippen molar-refractivity contribution in [2.75, 3.05) is 26.2 Å². The molecule has 14 heavy (non-hydrogen) atoms. The summed E-state index contributed by atoms with van der Waals surface area (Å²) in [7, 11) is 0. The SMILES string of the molecule is CCN1CCN(C(C)C)[C@H](C(F)F)C1. The molecule has 0 spiro atoms. The van der Waals surface area contributed by atoms with E-state index in [1.54, 1.807) is 0 Å². The fourth-order valence-electron chi connectivity index (χ4n) is 2.04. The summed E-state index contributed by atoms with van der Waals surface area (Å²) >= 11 is 0. The van der Waals surface area contributed by atoms with Gasteiger partial charge in [-0.25, -0.2) is 8.78 Å². The molecule has 1 aliphatic heterocycles. The molecule has 1 aliphatic rings. The zero-order valence-corrected chi connectivity index (χ0v) is 9.21. The molecule has 0 aromatic carbocycles. The second-order valence-corrected chi connectivity index (χ2v) is 4.13. The molecule has 84 valence electrons. The number of halogens is 2. The van der Waals surface area contributed by atoms with E-state index >= 15 is 0 Å². The van der Waals surface area contributed by atoms with Crippen LogP contribution in [0.4, 0.5) is 8.78 Å². The van der Waals surface area contributed by atoms with E-state index in [-0.39, 0.29) is 6.04 Å². The molecule has 4 heteroatoms. The van der Waals surface area contributed by atoms with Gasteiger partial charge in [-0.1, -0.05) is 6.92 Å². The van der Waals surface area contributed by atoms with E-state index in [4.69, 9.17) is 0 Å². The van der Waals surface area contributed by atoms with Crippen LogP contribution in [0.3, 0.4) is 0 Å². The van der Waals surface area contributed by atoms with Gasteiger partial charge in [0.05, 0.1) is 6.04 Å². The van der Waals surface area contributed by atoms with Crippen molar-refractivity contribution in [1.82, 2.24) is 9.80 Å².